The quantitative estimate of drug-likeness (QED) is 0.00614. The van der Waals surface area contributed by atoms with Gasteiger partial charge in [-0.15, -0.1) is 0 Å². The number of hydrogen-bond donors (Lipinski definition) is 6. The fraction of sp³-hybridized carbons (Fsp3) is 0.586. The van der Waals surface area contributed by atoms with Gasteiger partial charge in [-0.2, -0.15) is 99.3 Å². The molecule has 15 nitrogen and oxygen atoms in total. The van der Waals surface area contributed by atoms with Crippen LogP contribution in [0.1, 0.15) is 144 Å². The fourth-order valence-corrected chi connectivity index (χ4v) is 12.3. The average molecular weight is 1440 g/mol. The number of thiol groups is 6. The first-order valence-electron chi connectivity index (χ1n) is 32.5. The van der Waals surface area contributed by atoms with Crippen LogP contribution in [-0.4, -0.2) is 147 Å². The molecule has 0 heterocycles. The second-order valence-electron chi connectivity index (χ2n) is 22.0. The van der Waals surface area contributed by atoms with Crippen LogP contribution < -0.4 is 23.7 Å². The van der Waals surface area contributed by atoms with E-state index in [2.05, 4.69) is 107 Å². The van der Waals surface area contributed by atoms with Crippen LogP contribution in [0.4, 0.5) is 0 Å². The third-order valence-corrected chi connectivity index (χ3v) is 18.4. The van der Waals surface area contributed by atoms with Gasteiger partial charge in [0.15, 0.2) is 6.79 Å². The molecule has 0 saturated heterocycles. The summed E-state index contributed by atoms with van der Waals surface area (Å²) in [5.41, 5.74) is 2.23. The summed E-state index contributed by atoms with van der Waals surface area (Å²) in [4.78, 5) is 58.5. The predicted octanol–water partition coefficient (Wildman–Crippen LogP) is 15.5. The molecule has 23 heteroatoms. The van der Waals surface area contributed by atoms with E-state index in [0.717, 1.165) is 94.7 Å². The van der Waals surface area contributed by atoms with E-state index in [0.29, 0.717) is 99.0 Å². The van der Waals surface area contributed by atoms with Crippen LogP contribution in [0, 0.1) is 11.3 Å². The zero-order valence-electron chi connectivity index (χ0n) is 54.5. The van der Waals surface area contributed by atoms with E-state index in [9.17, 15) is 24.0 Å². The van der Waals surface area contributed by atoms with Crippen molar-refractivity contribution in [1.29, 1.82) is 0 Å². The summed E-state index contributed by atoms with van der Waals surface area (Å²) < 4.78 is 54.9. The molecule has 0 unspecified atom stereocenters. The summed E-state index contributed by atoms with van der Waals surface area (Å²) in [5, 5.41) is 0. The average Bonchev–Trinajstić information content (AvgIpc) is 2.65. The highest BCUT2D eigenvalue weighted by Crippen LogP contribution is 2.38. The third kappa shape index (κ3) is 39.9. The van der Waals surface area contributed by atoms with E-state index >= 15 is 0 Å². The van der Waals surface area contributed by atoms with Crippen LogP contribution in [0.3, 0.4) is 0 Å². The molecule has 0 atom stereocenters. The van der Waals surface area contributed by atoms with Gasteiger partial charge in [0.1, 0.15) is 48.6 Å². The zero-order valence-corrected chi connectivity index (χ0v) is 61.5. The molecular weight excluding hydrogens is 1340 g/mol. The Bertz CT molecular complexity index is 2520. The first-order chi connectivity index (χ1) is 45.3. The van der Waals surface area contributed by atoms with E-state index < -0.39 is 29.3 Å². The normalized spacial score (nSPS) is 13.4. The number of carbonyl (C=O) groups is 5. The van der Waals surface area contributed by atoms with Crippen molar-refractivity contribution in [2.24, 2.45) is 11.3 Å². The topological polar surface area (TPSA) is 178 Å². The number of thioether (sulfide) groups is 2. The summed E-state index contributed by atoms with van der Waals surface area (Å²) in [6, 6.07) is 30.7. The second-order valence-corrected chi connectivity index (χ2v) is 27.1. The van der Waals surface area contributed by atoms with Gasteiger partial charge in [-0.3, -0.25) is 19.2 Å². The van der Waals surface area contributed by atoms with Gasteiger partial charge in [-0.25, -0.2) is 4.79 Å². The Kier molecular flexibility index (Phi) is 48.6. The van der Waals surface area contributed by atoms with E-state index in [4.69, 9.17) is 47.4 Å². The molecule has 93 heavy (non-hydrogen) atoms. The smallest absolute Gasteiger partial charge is 0.343 e. The number of benzene rings is 4. The number of rotatable bonds is 47. The zero-order chi connectivity index (χ0) is 67.4. The van der Waals surface area contributed by atoms with Crippen molar-refractivity contribution in [3.8, 4) is 28.7 Å². The number of hydrogen-bond acceptors (Lipinski definition) is 23. The highest BCUT2D eigenvalue weighted by Gasteiger charge is 2.34. The van der Waals surface area contributed by atoms with Crippen molar-refractivity contribution in [2.45, 2.75) is 129 Å². The van der Waals surface area contributed by atoms with Crippen molar-refractivity contribution in [1.82, 2.24) is 0 Å². The van der Waals surface area contributed by atoms with Crippen molar-refractivity contribution >= 4 is 129 Å². The Labute approximate surface area is 596 Å². The molecule has 0 aliphatic heterocycles. The Balaban J connectivity index is 0.000000393. The molecule has 520 valence electrons. The lowest BCUT2D eigenvalue weighted by Crippen LogP contribution is -2.39. The van der Waals surface area contributed by atoms with Crippen LogP contribution in [-0.2, 0) is 49.3 Å². The van der Waals surface area contributed by atoms with Gasteiger partial charge in [0, 0.05) is 29.4 Å². The second kappa shape index (κ2) is 54.2. The molecule has 0 N–H and O–H groups in total. The Morgan fingerprint density at radius 3 is 1.32 bits per heavy atom. The van der Waals surface area contributed by atoms with Gasteiger partial charge in [0.05, 0.1) is 69.7 Å². The van der Waals surface area contributed by atoms with Crippen molar-refractivity contribution in [3.63, 3.8) is 0 Å². The minimum absolute atomic E-state index is 0.00157. The highest BCUT2D eigenvalue weighted by molar-refractivity contribution is 7.99. The number of esters is 5. The van der Waals surface area contributed by atoms with E-state index in [1.807, 2.05) is 66.8 Å². The molecule has 1 aliphatic carbocycles. The molecule has 5 rings (SSSR count). The third-order valence-electron chi connectivity index (χ3n) is 14.5. The van der Waals surface area contributed by atoms with E-state index in [1.54, 1.807) is 36.4 Å². The summed E-state index contributed by atoms with van der Waals surface area (Å²) in [5.74, 6) is 11.6. The van der Waals surface area contributed by atoms with Gasteiger partial charge in [-0.1, -0.05) is 51.0 Å². The lowest BCUT2D eigenvalue weighted by Gasteiger charge is -2.31. The molecular formula is C70H102O15S8. The largest absolute Gasteiger partial charge is 0.494 e. The molecule has 4 aromatic rings. The summed E-state index contributed by atoms with van der Waals surface area (Å²) >= 11 is 28.3. The summed E-state index contributed by atoms with van der Waals surface area (Å²) in [6.45, 7) is 7.15. The maximum atomic E-state index is 12.6. The molecule has 0 aromatic heterocycles. The maximum Gasteiger partial charge on any atom is 0.343 e. The van der Waals surface area contributed by atoms with Crippen molar-refractivity contribution in [2.75, 3.05) is 117 Å². The summed E-state index contributed by atoms with van der Waals surface area (Å²) in [6.07, 6.45) is 15.2. The Hall–Kier alpha value is -3.81. The van der Waals surface area contributed by atoms with Gasteiger partial charge < -0.3 is 47.4 Å². The van der Waals surface area contributed by atoms with Gasteiger partial charge in [-0.05, 0) is 194 Å². The molecule has 0 amide bonds. The fourth-order valence-electron chi connectivity index (χ4n) is 9.06. The molecule has 0 spiro atoms. The first kappa shape index (κ1) is 83.4. The van der Waals surface area contributed by atoms with Gasteiger partial charge >= 0.3 is 29.8 Å². The first-order valence-corrected chi connectivity index (χ1v) is 38.6. The lowest BCUT2D eigenvalue weighted by atomic mass is 9.77. The van der Waals surface area contributed by atoms with E-state index in [-0.39, 0.29) is 51.8 Å². The molecule has 4 aromatic carbocycles. The number of ether oxygens (including phenoxy) is 10. The molecule has 0 bridgehead atoms. The monoisotopic (exact) mass is 1440 g/mol. The minimum atomic E-state index is -0.773. The van der Waals surface area contributed by atoms with Crippen LogP contribution >= 0.6 is 99.3 Å². The number of carbonyl (C=O) groups excluding carboxylic acids is 5. The van der Waals surface area contributed by atoms with Crippen molar-refractivity contribution in [3.05, 3.63) is 114 Å². The van der Waals surface area contributed by atoms with Gasteiger partial charge in [0.2, 0.25) is 0 Å². The van der Waals surface area contributed by atoms with Crippen LogP contribution in [0.5, 0.6) is 28.7 Å². The van der Waals surface area contributed by atoms with Crippen LogP contribution in [0.15, 0.2) is 97.1 Å². The molecule has 1 aliphatic rings. The Morgan fingerprint density at radius 2 is 0.871 bits per heavy atom. The van der Waals surface area contributed by atoms with Crippen LogP contribution in [0.25, 0.3) is 0 Å². The lowest BCUT2D eigenvalue weighted by molar-refractivity contribution is -0.162. The summed E-state index contributed by atoms with van der Waals surface area (Å²) in [7, 11) is 0. The van der Waals surface area contributed by atoms with E-state index in [1.165, 1.54) is 44.1 Å². The minimum Gasteiger partial charge on any atom is -0.494 e. The standard InChI is InChI=1S/C34H44O6S4.C21H32O3S.C15H26O6S3/c35-34(29-7-11-30(12-8-29)37-18-1-23-43-25-3-21-41)40-33-9-5-28(6-10-33)17-20-36-27-39-32-15-13-31(14-16-32)38-19-2-24-44-26-4-22-42;1-2-4-17-5-7-18(8-6-17)19-9-11-20(12-10-19)23-14-3-15-24-21(22)13-16-25;1-2-15(9-19-12(16)3-6-22,10-20-13(17)4-7-23)11-21-14(18)5-8-24/h5-16,41-42H,1-4,17-27H2;9-12,17-18,25H,2-8,13-16H2,1H3;22-24H,2-11H2,1H3. The van der Waals surface area contributed by atoms with Crippen molar-refractivity contribution < 1.29 is 71.3 Å². The predicted molar refractivity (Wildman–Crippen MR) is 398 cm³/mol. The molecule has 1 fully saturated rings. The molecule has 1 saturated carbocycles. The van der Waals surface area contributed by atoms with Gasteiger partial charge in [0.25, 0.3) is 0 Å². The SMILES string of the molecule is CCC(COC(=O)CCS)(COC(=O)CCS)COC(=O)CCS.CCCC1CCC(c2ccc(OCCCOC(=O)CCS)cc2)CC1.O=C(Oc1ccc(CCOCOc2ccc(OCCCSCCCS)cc2)cc1)c1ccc(OCCCSCCCS)cc1. The molecule has 0 radical (unpaired) electrons. The maximum absolute atomic E-state index is 12.6. The highest BCUT2D eigenvalue weighted by atomic mass is 32.2. The Morgan fingerprint density at radius 1 is 0.452 bits per heavy atom. The van der Waals surface area contributed by atoms with Crippen LogP contribution in [0.2, 0.25) is 0 Å².